The molecule has 0 aliphatic carbocycles. The fraction of sp³-hybridized carbons (Fsp3) is 0.455. The van der Waals surface area contributed by atoms with Gasteiger partial charge in [0, 0.05) is 6.04 Å². The van der Waals surface area contributed by atoms with Gasteiger partial charge in [-0.05, 0) is 41.4 Å². The van der Waals surface area contributed by atoms with E-state index in [1.165, 1.54) is 6.07 Å². The summed E-state index contributed by atoms with van der Waals surface area (Å²) >= 11 is 3.07. The fourth-order valence-electron chi connectivity index (χ4n) is 1.04. The normalized spacial score (nSPS) is 11.9. The molecule has 0 spiro atoms. The van der Waals surface area contributed by atoms with Crippen LogP contribution in [0.1, 0.15) is 30.8 Å². The summed E-state index contributed by atoms with van der Waals surface area (Å²) in [5, 5.41) is 2.69. The molecular weight excluding hydrogens is 290 g/mol. The third-order valence-electron chi connectivity index (χ3n) is 2.13. The quantitative estimate of drug-likeness (QED) is 0.846. The highest BCUT2D eigenvalue weighted by Crippen LogP contribution is 2.14. The first-order chi connectivity index (χ1) is 8.02. The summed E-state index contributed by atoms with van der Waals surface area (Å²) in [6.45, 7) is 3.53. The zero-order valence-electron chi connectivity index (χ0n) is 9.66. The van der Waals surface area contributed by atoms with Gasteiger partial charge in [0.2, 0.25) is 5.76 Å². The first-order valence-corrected chi connectivity index (χ1v) is 6.04. The summed E-state index contributed by atoms with van der Waals surface area (Å²) < 4.78 is 10.2. The summed E-state index contributed by atoms with van der Waals surface area (Å²) in [5.41, 5.74) is 0. The molecule has 1 amide bonds. The third-order valence-corrected chi connectivity index (χ3v) is 2.55. The minimum absolute atomic E-state index is 0.0632. The van der Waals surface area contributed by atoms with E-state index in [1.807, 2.05) is 13.8 Å². The predicted octanol–water partition coefficient (Wildman–Crippen LogP) is 2.11. The lowest BCUT2D eigenvalue weighted by Gasteiger charge is -2.10. The molecule has 0 aliphatic rings. The van der Waals surface area contributed by atoms with E-state index < -0.39 is 5.97 Å². The number of furan rings is 1. The van der Waals surface area contributed by atoms with Crippen molar-refractivity contribution in [1.82, 2.24) is 5.32 Å². The van der Waals surface area contributed by atoms with Crippen molar-refractivity contribution in [3.63, 3.8) is 0 Å². The molecular formula is C11H14BrNO4. The second kappa shape index (κ2) is 6.44. The first-order valence-electron chi connectivity index (χ1n) is 5.24. The molecule has 1 aromatic heterocycles. The van der Waals surface area contributed by atoms with E-state index in [0.29, 0.717) is 4.67 Å². The SMILES string of the molecule is CC[C@H](C)NC(=O)COC(=O)c1ccc(Br)o1. The Balaban J connectivity index is 2.36. The smallest absolute Gasteiger partial charge is 0.374 e. The molecule has 0 saturated heterocycles. The van der Waals surface area contributed by atoms with Gasteiger partial charge in [0.15, 0.2) is 11.3 Å². The summed E-state index contributed by atoms with van der Waals surface area (Å²) in [7, 11) is 0. The van der Waals surface area contributed by atoms with E-state index in [9.17, 15) is 9.59 Å². The van der Waals surface area contributed by atoms with Crippen LogP contribution in [0, 0.1) is 0 Å². The molecule has 5 nitrogen and oxygen atoms in total. The highest BCUT2D eigenvalue weighted by Gasteiger charge is 2.14. The lowest BCUT2D eigenvalue weighted by molar-refractivity contribution is -0.124. The molecule has 6 heteroatoms. The molecule has 0 aromatic carbocycles. The van der Waals surface area contributed by atoms with E-state index >= 15 is 0 Å². The van der Waals surface area contributed by atoms with Gasteiger partial charge < -0.3 is 14.5 Å². The molecule has 0 aliphatic heterocycles. The summed E-state index contributed by atoms with van der Waals surface area (Å²) in [6.07, 6.45) is 0.824. The van der Waals surface area contributed by atoms with E-state index in [-0.39, 0.29) is 24.3 Å². The maximum absolute atomic E-state index is 11.4. The average molecular weight is 304 g/mol. The van der Waals surface area contributed by atoms with E-state index in [0.717, 1.165) is 6.42 Å². The Bertz CT molecular complexity index is 402. The van der Waals surface area contributed by atoms with Crippen molar-refractivity contribution < 1.29 is 18.7 Å². The lowest BCUT2D eigenvalue weighted by atomic mass is 10.2. The van der Waals surface area contributed by atoms with Gasteiger partial charge >= 0.3 is 5.97 Å². The highest BCUT2D eigenvalue weighted by molar-refractivity contribution is 9.10. The lowest BCUT2D eigenvalue weighted by Crippen LogP contribution is -2.35. The number of hydrogen-bond donors (Lipinski definition) is 1. The largest absolute Gasteiger partial charge is 0.450 e. The Kier molecular flexibility index (Phi) is 5.21. The molecule has 0 bridgehead atoms. The number of carbonyl (C=O) groups is 2. The van der Waals surface area contributed by atoms with Crippen molar-refractivity contribution in [1.29, 1.82) is 0 Å². The van der Waals surface area contributed by atoms with Crippen LogP contribution in [-0.4, -0.2) is 24.5 Å². The number of esters is 1. The molecule has 0 fully saturated rings. The number of amides is 1. The van der Waals surface area contributed by atoms with Gasteiger partial charge in [-0.3, -0.25) is 4.79 Å². The van der Waals surface area contributed by atoms with Crippen LogP contribution in [0.25, 0.3) is 0 Å². The topological polar surface area (TPSA) is 68.5 Å². The monoisotopic (exact) mass is 303 g/mol. The van der Waals surface area contributed by atoms with Gasteiger partial charge in [-0.1, -0.05) is 6.92 Å². The molecule has 17 heavy (non-hydrogen) atoms. The van der Waals surface area contributed by atoms with Crippen LogP contribution in [0.5, 0.6) is 0 Å². The highest BCUT2D eigenvalue weighted by atomic mass is 79.9. The summed E-state index contributed by atoms with van der Waals surface area (Å²) in [5.74, 6) is -0.915. The Hall–Kier alpha value is -1.30. The number of rotatable bonds is 5. The van der Waals surface area contributed by atoms with Gasteiger partial charge in [-0.15, -0.1) is 0 Å². The second-order valence-electron chi connectivity index (χ2n) is 3.56. The minimum Gasteiger partial charge on any atom is -0.450 e. The second-order valence-corrected chi connectivity index (χ2v) is 4.34. The first kappa shape index (κ1) is 13.8. The van der Waals surface area contributed by atoms with Crippen molar-refractivity contribution in [2.45, 2.75) is 26.3 Å². The van der Waals surface area contributed by atoms with E-state index in [4.69, 9.17) is 9.15 Å². The Morgan fingerprint density at radius 2 is 2.24 bits per heavy atom. The number of carbonyl (C=O) groups excluding carboxylic acids is 2. The average Bonchev–Trinajstić information content (AvgIpc) is 2.72. The van der Waals surface area contributed by atoms with Gasteiger partial charge in [-0.2, -0.15) is 0 Å². The van der Waals surface area contributed by atoms with Crippen LogP contribution in [0.15, 0.2) is 21.2 Å². The zero-order chi connectivity index (χ0) is 12.8. The Labute approximate surface area is 108 Å². The molecule has 94 valence electrons. The van der Waals surface area contributed by atoms with Crippen molar-refractivity contribution in [2.75, 3.05) is 6.61 Å². The summed E-state index contributed by atoms with van der Waals surface area (Å²) in [4.78, 5) is 22.7. The molecule has 1 N–H and O–H groups in total. The molecule has 0 radical (unpaired) electrons. The van der Waals surface area contributed by atoms with Crippen molar-refractivity contribution in [3.05, 3.63) is 22.6 Å². The van der Waals surface area contributed by atoms with Crippen molar-refractivity contribution in [2.24, 2.45) is 0 Å². The molecule has 1 rings (SSSR count). The number of halogens is 1. The Morgan fingerprint density at radius 1 is 1.53 bits per heavy atom. The van der Waals surface area contributed by atoms with Crippen LogP contribution < -0.4 is 5.32 Å². The van der Waals surface area contributed by atoms with Gasteiger partial charge in [0.1, 0.15) is 0 Å². The molecule has 1 atom stereocenters. The van der Waals surface area contributed by atoms with Crippen LogP contribution in [0.4, 0.5) is 0 Å². The number of nitrogens with one attached hydrogen (secondary N) is 1. The number of hydrogen-bond acceptors (Lipinski definition) is 4. The standard InChI is InChI=1S/C11H14BrNO4/c1-3-7(2)13-10(14)6-16-11(15)8-4-5-9(12)17-8/h4-5,7H,3,6H2,1-2H3,(H,13,14)/t7-/m0/s1. The van der Waals surface area contributed by atoms with Gasteiger partial charge in [-0.25, -0.2) is 4.79 Å². The summed E-state index contributed by atoms with van der Waals surface area (Å²) in [6, 6.07) is 3.12. The van der Waals surface area contributed by atoms with Gasteiger partial charge in [0.25, 0.3) is 5.91 Å². The minimum atomic E-state index is -0.657. The van der Waals surface area contributed by atoms with Crippen LogP contribution in [0.2, 0.25) is 0 Å². The van der Waals surface area contributed by atoms with Crippen molar-refractivity contribution >= 4 is 27.8 Å². The van der Waals surface area contributed by atoms with E-state index in [2.05, 4.69) is 21.2 Å². The van der Waals surface area contributed by atoms with Crippen LogP contribution in [0.3, 0.4) is 0 Å². The maximum atomic E-state index is 11.4. The Morgan fingerprint density at radius 3 is 2.76 bits per heavy atom. The molecule has 1 aromatic rings. The van der Waals surface area contributed by atoms with Crippen molar-refractivity contribution in [3.8, 4) is 0 Å². The molecule has 0 unspecified atom stereocenters. The molecule has 0 saturated carbocycles. The third kappa shape index (κ3) is 4.60. The molecule has 1 heterocycles. The van der Waals surface area contributed by atoms with Crippen LogP contribution in [-0.2, 0) is 9.53 Å². The maximum Gasteiger partial charge on any atom is 0.374 e. The van der Waals surface area contributed by atoms with Crippen LogP contribution >= 0.6 is 15.9 Å². The number of ether oxygens (including phenoxy) is 1. The zero-order valence-corrected chi connectivity index (χ0v) is 11.2. The van der Waals surface area contributed by atoms with E-state index in [1.54, 1.807) is 6.07 Å². The fourth-order valence-corrected chi connectivity index (χ4v) is 1.35. The van der Waals surface area contributed by atoms with Gasteiger partial charge in [0.05, 0.1) is 0 Å². The predicted molar refractivity (Wildman–Crippen MR) is 64.6 cm³/mol.